The van der Waals surface area contributed by atoms with Crippen LogP contribution in [0.3, 0.4) is 0 Å². The van der Waals surface area contributed by atoms with Gasteiger partial charge in [-0.1, -0.05) is 6.92 Å². The van der Waals surface area contributed by atoms with E-state index in [4.69, 9.17) is 9.26 Å². The Balaban J connectivity index is 2.47. The third-order valence-electron chi connectivity index (χ3n) is 2.69. The van der Waals surface area contributed by atoms with Gasteiger partial charge in [0.25, 0.3) is 0 Å². The molecular formula is C10H21O4P. The van der Waals surface area contributed by atoms with Gasteiger partial charge in [0.2, 0.25) is 7.37 Å². The molecule has 0 saturated carbocycles. The molecule has 1 rings (SSSR count). The van der Waals surface area contributed by atoms with Crippen LogP contribution >= 0.6 is 7.37 Å². The molecule has 0 radical (unpaired) electrons. The van der Waals surface area contributed by atoms with Gasteiger partial charge in [-0.25, -0.2) is 0 Å². The van der Waals surface area contributed by atoms with E-state index in [2.05, 4.69) is 0 Å². The molecule has 1 N–H and O–H groups in total. The Hall–Kier alpha value is 0.110. The van der Waals surface area contributed by atoms with E-state index in [0.717, 1.165) is 0 Å². The normalized spacial score (nSPS) is 32.5. The average Bonchev–Trinajstić information content (AvgIpc) is 2.50. The minimum absolute atomic E-state index is 0.0740. The number of hydrogen-bond donors (Lipinski definition) is 1. The number of hydrogen-bond acceptors (Lipinski definition) is 4. The maximum Gasteiger partial charge on any atom is 0.200 e. The summed E-state index contributed by atoms with van der Waals surface area (Å²) in [6.07, 6.45) is 0.556. The van der Waals surface area contributed by atoms with E-state index < -0.39 is 13.5 Å². The zero-order valence-corrected chi connectivity index (χ0v) is 10.6. The molecule has 5 heteroatoms. The summed E-state index contributed by atoms with van der Waals surface area (Å²) in [5, 5.41) is 9.63. The molecule has 15 heavy (non-hydrogen) atoms. The van der Waals surface area contributed by atoms with Gasteiger partial charge in [-0.2, -0.15) is 0 Å². The first kappa shape index (κ1) is 13.2. The smallest absolute Gasteiger partial charge is 0.200 e. The quantitative estimate of drug-likeness (QED) is 0.738. The van der Waals surface area contributed by atoms with E-state index in [0.29, 0.717) is 25.8 Å². The van der Waals surface area contributed by atoms with Crippen molar-refractivity contribution in [3.63, 3.8) is 0 Å². The molecule has 0 bridgehead atoms. The minimum atomic E-state index is -2.52. The summed E-state index contributed by atoms with van der Waals surface area (Å²) in [5.74, 6) is 0.0740. The van der Waals surface area contributed by atoms with Gasteiger partial charge in [0.05, 0.1) is 18.8 Å². The molecule has 0 aromatic carbocycles. The molecule has 4 atom stereocenters. The molecule has 0 aromatic rings. The van der Waals surface area contributed by atoms with Crippen molar-refractivity contribution in [1.82, 2.24) is 0 Å². The first-order valence-electron chi connectivity index (χ1n) is 5.47. The SMILES string of the molecule is CCOP(C)(=O)C[C@H](C)[C@H]1OCCC1O. The van der Waals surface area contributed by atoms with Gasteiger partial charge in [-0.15, -0.1) is 0 Å². The number of ether oxygens (including phenoxy) is 1. The Morgan fingerprint density at radius 1 is 1.67 bits per heavy atom. The predicted octanol–water partition coefficient (Wildman–Crippen LogP) is 1.72. The predicted molar refractivity (Wildman–Crippen MR) is 59.6 cm³/mol. The summed E-state index contributed by atoms with van der Waals surface area (Å²) in [6.45, 7) is 6.50. The fourth-order valence-corrected chi connectivity index (χ4v) is 4.00. The fourth-order valence-electron chi connectivity index (χ4n) is 2.10. The highest BCUT2D eigenvalue weighted by Crippen LogP contribution is 2.45. The van der Waals surface area contributed by atoms with Gasteiger partial charge in [-0.3, -0.25) is 4.57 Å². The van der Waals surface area contributed by atoms with E-state index in [-0.39, 0.29) is 12.0 Å². The second-order valence-corrected chi connectivity index (χ2v) is 6.93. The Labute approximate surface area is 91.4 Å². The van der Waals surface area contributed by atoms with Crippen LogP contribution in [-0.4, -0.2) is 43.4 Å². The van der Waals surface area contributed by atoms with Gasteiger partial charge in [0, 0.05) is 19.4 Å². The third kappa shape index (κ3) is 3.87. The molecule has 0 amide bonds. The van der Waals surface area contributed by atoms with Crippen molar-refractivity contribution in [3.8, 4) is 0 Å². The van der Waals surface area contributed by atoms with Crippen LogP contribution in [0.2, 0.25) is 0 Å². The van der Waals surface area contributed by atoms with Crippen molar-refractivity contribution in [1.29, 1.82) is 0 Å². The van der Waals surface area contributed by atoms with Crippen molar-refractivity contribution in [2.24, 2.45) is 5.92 Å². The van der Waals surface area contributed by atoms with Gasteiger partial charge in [-0.05, 0) is 19.3 Å². The summed E-state index contributed by atoms with van der Waals surface area (Å²) in [6, 6.07) is 0. The second-order valence-electron chi connectivity index (χ2n) is 4.28. The van der Waals surface area contributed by atoms with Crippen LogP contribution in [0.25, 0.3) is 0 Å². The highest BCUT2D eigenvalue weighted by molar-refractivity contribution is 7.58. The minimum Gasteiger partial charge on any atom is -0.390 e. The average molecular weight is 236 g/mol. The van der Waals surface area contributed by atoms with Gasteiger partial charge in [0.15, 0.2) is 0 Å². The lowest BCUT2D eigenvalue weighted by Gasteiger charge is -2.24. The van der Waals surface area contributed by atoms with Crippen LogP contribution in [0.15, 0.2) is 0 Å². The Morgan fingerprint density at radius 3 is 2.80 bits per heavy atom. The maximum atomic E-state index is 11.9. The van der Waals surface area contributed by atoms with Crippen molar-refractivity contribution in [2.45, 2.75) is 32.5 Å². The van der Waals surface area contributed by atoms with E-state index in [9.17, 15) is 9.67 Å². The van der Waals surface area contributed by atoms with Gasteiger partial charge < -0.3 is 14.4 Å². The molecule has 1 fully saturated rings. The maximum absolute atomic E-state index is 11.9. The summed E-state index contributed by atoms with van der Waals surface area (Å²) in [4.78, 5) is 0. The topological polar surface area (TPSA) is 55.8 Å². The van der Waals surface area contributed by atoms with E-state index in [1.165, 1.54) is 0 Å². The molecule has 4 nitrogen and oxygen atoms in total. The first-order chi connectivity index (χ1) is 6.96. The van der Waals surface area contributed by atoms with Crippen molar-refractivity contribution >= 4 is 7.37 Å². The largest absolute Gasteiger partial charge is 0.390 e. The monoisotopic (exact) mass is 236 g/mol. The van der Waals surface area contributed by atoms with Crippen LogP contribution in [0, 0.1) is 5.92 Å². The van der Waals surface area contributed by atoms with Crippen LogP contribution in [0.4, 0.5) is 0 Å². The molecule has 90 valence electrons. The van der Waals surface area contributed by atoms with Crippen LogP contribution in [0.5, 0.6) is 0 Å². The summed E-state index contributed by atoms with van der Waals surface area (Å²) in [7, 11) is -2.52. The number of rotatable bonds is 5. The van der Waals surface area contributed by atoms with E-state index in [1.807, 2.05) is 13.8 Å². The van der Waals surface area contributed by atoms with Crippen LogP contribution < -0.4 is 0 Å². The van der Waals surface area contributed by atoms with Crippen LogP contribution in [-0.2, 0) is 13.8 Å². The highest BCUT2D eigenvalue weighted by Gasteiger charge is 2.34. The number of aliphatic hydroxyl groups is 1. The molecule has 0 aliphatic carbocycles. The van der Waals surface area contributed by atoms with Crippen LogP contribution in [0.1, 0.15) is 20.3 Å². The lowest BCUT2D eigenvalue weighted by Crippen LogP contribution is -2.30. The molecule has 0 aromatic heterocycles. The number of aliphatic hydroxyl groups excluding tert-OH is 1. The summed E-state index contributed by atoms with van der Waals surface area (Å²) < 4.78 is 22.6. The Kier molecular flexibility index (Phi) is 4.78. The summed E-state index contributed by atoms with van der Waals surface area (Å²) in [5.41, 5.74) is 0. The molecule has 2 unspecified atom stereocenters. The Morgan fingerprint density at radius 2 is 2.33 bits per heavy atom. The summed E-state index contributed by atoms with van der Waals surface area (Å²) >= 11 is 0. The second kappa shape index (κ2) is 5.44. The van der Waals surface area contributed by atoms with Crippen molar-refractivity contribution in [3.05, 3.63) is 0 Å². The third-order valence-corrected chi connectivity index (χ3v) is 4.73. The van der Waals surface area contributed by atoms with Crippen molar-refractivity contribution in [2.75, 3.05) is 26.0 Å². The molecule has 1 aliphatic rings. The van der Waals surface area contributed by atoms with Gasteiger partial charge in [0.1, 0.15) is 0 Å². The Bertz CT molecular complexity index is 244. The molecule has 1 saturated heterocycles. The zero-order valence-electron chi connectivity index (χ0n) is 9.68. The van der Waals surface area contributed by atoms with Crippen molar-refractivity contribution < 1.29 is 18.9 Å². The highest BCUT2D eigenvalue weighted by atomic mass is 31.2. The molecule has 1 aliphatic heterocycles. The lowest BCUT2D eigenvalue weighted by atomic mass is 10.0. The fraction of sp³-hybridized carbons (Fsp3) is 1.00. The lowest BCUT2D eigenvalue weighted by molar-refractivity contribution is 0.0124. The standard InChI is InChI=1S/C10H21O4P/c1-4-14-15(3,12)7-8(2)10-9(11)5-6-13-10/h8-11H,4-7H2,1-3H3/t8-,9?,10+,15?/m0/s1. The molecule has 0 spiro atoms. The molecular weight excluding hydrogens is 215 g/mol. The zero-order chi connectivity index (χ0) is 11.5. The first-order valence-corrected chi connectivity index (χ1v) is 7.72. The van der Waals surface area contributed by atoms with E-state index in [1.54, 1.807) is 6.66 Å². The van der Waals surface area contributed by atoms with E-state index >= 15 is 0 Å². The van der Waals surface area contributed by atoms with Gasteiger partial charge >= 0.3 is 0 Å². The molecule has 1 heterocycles.